The van der Waals surface area contributed by atoms with Gasteiger partial charge >= 0.3 is 0 Å². The van der Waals surface area contributed by atoms with Gasteiger partial charge in [0.25, 0.3) is 5.91 Å². The molecule has 0 bridgehead atoms. The molecule has 0 atom stereocenters. The lowest BCUT2D eigenvalue weighted by atomic mass is 9.91. The Labute approximate surface area is 179 Å². The normalized spacial score (nSPS) is 20.2. The van der Waals surface area contributed by atoms with Gasteiger partial charge in [0.2, 0.25) is 5.88 Å². The van der Waals surface area contributed by atoms with Gasteiger partial charge in [-0.2, -0.15) is 0 Å². The molecule has 1 saturated heterocycles. The number of amides is 1. The molecule has 3 aliphatic rings. The summed E-state index contributed by atoms with van der Waals surface area (Å²) < 4.78 is 6.07. The molecule has 0 N–H and O–H groups in total. The number of pyridine rings is 1. The van der Waals surface area contributed by atoms with Crippen molar-refractivity contribution in [1.29, 1.82) is 0 Å². The Hall–Kier alpha value is -2.40. The number of hydrogen-bond acceptors (Lipinski definition) is 4. The molecule has 158 valence electrons. The van der Waals surface area contributed by atoms with E-state index in [4.69, 9.17) is 4.74 Å². The molecule has 5 heteroatoms. The summed E-state index contributed by atoms with van der Waals surface area (Å²) in [7, 11) is 0. The number of carbonyl (C=O) groups excluding carboxylic acids is 1. The molecule has 1 amide bonds. The number of ether oxygens (including phenoxy) is 1. The number of aromatic nitrogens is 1. The van der Waals surface area contributed by atoms with Crippen LogP contribution in [0.15, 0.2) is 36.5 Å². The summed E-state index contributed by atoms with van der Waals surface area (Å²) in [6.07, 6.45) is 11.4. The summed E-state index contributed by atoms with van der Waals surface area (Å²) in [5.41, 5.74) is 3.48. The number of benzene rings is 1. The number of nitrogens with zero attached hydrogens (tertiary/aromatic N) is 3. The highest BCUT2D eigenvalue weighted by Gasteiger charge is 2.26. The van der Waals surface area contributed by atoms with Crippen LogP contribution in [-0.2, 0) is 12.8 Å². The third-order valence-corrected chi connectivity index (χ3v) is 6.95. The summed E-state index contributed by atoms with van der Waals surface area (Å²) in [5.74, 6) is 1.38. The van der Waals surface area contributed by atoms with Crippen LogP contribution in [0.2, 0.25) is 0 Å². The molecule has 5 rings (SSSR count). The van der Waals surface area contributed by atoms with Crippen molar-refractivity contribution in [2.75, 3.05) is 26.2 Å². The monoisotopic (exact) mass is 405 g/mol. The molecular weight excluding hydrogens is 374 g/mol. The van der Waals surface area contributed by atoms with Crippen molar-refractivity contribution in [1.82, 2.24) is 14.8 Å². The highest BCUT2D eigenvalue weighted by molar-refractivity contribution is 5.94. The zero-order chi connectivity index (χ0) is 20.3. The lowest BCUT2D eigenvalue weighted by Crippen LogP contribution is -2.41. The highest BCUT2D eigenvalue weighted by atomic mass is 16.5. The van der Waals surface area contributed by atoms with Gasteiger partial charge in [0, 0.05) is 50.0 Å². The molecule has 1 aromatic heterocycles. The van der Waals surface area contributed by atoms with E-state index in [1.165, 1.54) is 43.4 Å². The van der Waals surface area contributed by atoms with Gasteiger partial charge in [0.1, 0.15) is 5.75 Å². The number of likely N-dealkylation sites (tertiary alicyclic amines) is 1. The first-order valence-corrected chi connectivity index (χ1v) is 11.6. The van der Waals surface area contributed by atoms with Crippen LogP contribution in [0.5, 0.6) is 11.6 Å². The van der Waals surface area contributed by atoms with E-state index in [2.05, 4.69) is 22.0 Å². The predicted molar refractivity (Wildman–Crippen MR) is 117 cm³/mol. The Balaban J connectivity index is 1.27. The first kappa shape index (κ1) is 19.6. The predicted octanol–water partition coefficient (Wildman–Crippen LogP) is 4.45. The third kappa shape index (κ3) is 4.22. The second kappa shape index (κ2) is 8.76. The van der Waals surface area contributed by atoms with E-state index in [1.807, 2.05) is 11.0 Å². The van der Waals surface area contributed by atoms with Crippen LogP contribution >= 0.6 is 0 Å². The molecule has 30 heavy (non-hydrogen) atoms. The minimum absolute atomic E-state index is 0.0833. The molecule has 2 aliphatic heterocycles. The number of piperidine rings is 1. The Morgan fingerprint density at radius 1 is 0.900 bits per heavy atom. The van der Waals surface area contributed by atoms with Crippen molar-refractivity contribution in [2.24, 2.45) is 0 Å². The summed E-state index contributed by atoms with van der Waals surface area (Å²) >= 11 is 0. The van der Waals surface area contributed by atoms with E-state index in [0.29, 0.717) is 11.4 Å². The Morgan fingerprint density at radius 3 is 2.47 bits per heavy atom. The van der Waals surface area contributed by atoms with Crippen molar-refractivity contribution in [3.63, 3.8) is 0 Å². The van der Waals surface area contributed by atoms with E-state index >= 15 is 0 Å². The fourth-order valence-corrected chi connectivity index (χ4v) is 4.90. The second-order valence-electron chi connectivity index (χ2n) is 8.89. The molecule has 1 saturated carbocycles. The van der Waals surface area contributed by atoms with E-state index in [1.54, 1.807) is 18.3 Å². The van der Waals surface area contributed by atoms with E-state index in [-0.39, 0.29) is 5.91 Å². The zero-order valence-corrected chi connectivity index (χ0v) is 17.7. The molecule has 1 aliphatic carbocycles. The maximum Gasteiger partial charge on any atom is 0.254 e. The number of carbonyl (C=O) groups is 1. The van der Waals surface area contributed by atoms with Crippen LogP contribution in [-0.4, -0.2) is 52.9 Å². The van der Waals surface area contributed by atoms with Gasteiger partial charge in [-0.3, -0.25) is 9.69 Å². The molecular formula is C25H31N3O2. The molecule has 3 heterocycles. The van der Waals surface area contributed by atoms with Gasteiger partial charge in [0.15, 0.2) is 0 Å². The lowest BCUT2D eigenvalue weighted by Gasteiger charge is -2.36. The van der Waals surface area contributed by atoms with Crippen LogP contribution in [0.1, 0.15) is 60.0 Å². The number of fused-ring (bicyclic) bond motifs is 1. The lowest BCUT2D eigenvalue weighted by molar-refractivity contribution is 0.0724. The maximum atomic E-state index is 12.8. The van der Waals surface area contributed by atoms with Gasteiger partial charge in [0.05, 0.1) is 0 Å². The van der Waals surface area contributed by atoms with Gasteiger partial charge in [-0.05, 0) is 74.3 Å². The topological polar surface area (TPSA) is 45.7 Å². The Morgan fingerprint density at radius 2 is 1.70 bits per heavy atom. The van der Waals surface area contributed by atoms with Crippen molar-refractivity contribution >= 4 is 5.91 Å². The summed E-state index contributed by atoms with van der Waals surface area (Å²) in [6, 6.07) is 10.8. The molecule has 1 aromatic carbocycles. The summed E-state index contributed by atoms with van der Waals surface area (Å²) in [4.78, 5) is 21.7. The minimum atomic E-state index is 0.0833. The zero-order valence-electron chi connectivity index (χ0n) is 17.7. The standard InChI is InChI=1S/C25H31N3O2/c29-25(28-13-2-1-3-14-28)21-9-12-26-24(18-21)30-23-8-7-19-10-15-27(22-5-4-6-22)16-11-20(19)17-23/h7-9,12,17-18,22H,1-6,10-11,13-16H2. The summed E-state index contributed by atoms with van der Waals surface area (Å²) in [6.45, 7) is 4.00. The fraction of sp³-hybridized carbons (Fsp3) is 0.520. The van der Waals surface area contributed by atoms with Crippen molar-refractivity contribution < 1.29 is 9.53 Å². The smallest absolute Gasteiger partial charge is 0.254 e. The average molecular weight is 406 g/mol. The summed E-state index contributed by atoms with van der Waals surface area (Å²) in [5, 5.41) is 0. The molecule has 0 unspecified atom stereocenters. The van der Waals surface area contributed by atoms with Crippen molar-refractivity contribution in [3.8, 4) is 11.6 Å². The maximum absolute atomic E-state index is 12.8. The first-order chi connectivity index (χ1) is 14.8. The van der Waals surface area contributed by atoms with Crippen LogP contribution in [0.3, 0.4) is 0 Å². The average Bonchev–Trinajstić information content (AvgIpc) is 2.95. The van der Waals surface area contributed by atoms with Crippen molar-refractivity contribution in [3.05, 3.63) is 53.2 Å². The molecule has 0 spiro atoms. The van der Waals surface area contributed by atoms with Crippen LogP contribution in [0, 0.1) is 0 Å². The highest BCUT2D eigenvalue weighted by Crippen LogP contribution is 2.30. The van der Waals surface area contributed by atoms with Crippen LogP contribution < -0.4 is 4.74 Å². The van der Waals surface area contributed by atoms with Gasteiger partial charge < -0.3 is 9.64 Å². The van der Waals surface area contributed by atoms with E-state index in [9.17, 15) is 4.79 Å². The fourth-order valence-electron chi connectivity index (χ4n) is 4.90. The number of hydrogen-bond donors (Lipinski definition) is 0. The van der Waals surface area contributed by atoms with E-state index in [0.717, 1.165) is 57.1 Å². The van der Waals surface area contributed by atoms with Crippen LogP contribution in [0.25, 0.3) is 0 Å². The molecule has 0 radical (unpaired) electrons. The Bertz CT molecular complexity index is 903. The molecule has 5 nitrogen and oxygen atoms in total. The quantitative estimate of drug-likeness (QED) is 0.754. The van der Waals surface area contributed by atoms with Gasteiger partial charge in [-0.25, -0.2) is 4.98 Å². The van der Waals surface area contributed by atoms with Gasteiger partial charge in [-0.1, -0.05) is 12.5 Å². The SMILES string of the molecule is O=C(c1ccnc(Oc2ccc3c(c2)CCN(C2CCC2)CC3)c1)N1CCCCC1. The second-order valence-corrected chi connectivity index (χ2v) is 8.89. The number of rotatable bonds is 4. The largest absolute Gasteiger partial charge is 0.439 e. The Kier molecular flexibility index (Phi) is 5.71. The molecule has 2 aromatic rings. The minimum Gasteiger partial charge on any atom is -0.439 e. The molecule has 2 fully saturated rings. The van der Waals surface area contributed by atoms with Crippen LogP contribution in [0.4, 0.5) is 0 Å². The first-order valence-electron chi connectivity index (χ1n) is 11.6. The van der Waals surface area contributed by atoms with Crippen molar-refractivity contribution in [2.45, 2.75) is 57.4 Å². The third-order valence-electron chi connectivity index (χ3n) is 6.95. The van der Waals surface area contributed by atoms with E-state index < -0.39 is 0 Å². The van der Waals surface area contributed by atoms with Gasteiger partial charge in [-0.15, -0.1) is 0 Å².